The van der Waals surface area contributed by atoms with Gasteiger partial charge in [-0.05, 0) is 18.2 Å². The van der Waals surface area contributed by atoms with Crippen molar-refractivity contribution in [1.82, 2.24) is 0 Å². The largest absolute Gasteiger partial charge is 0.483 e. The molecule has 88 valence electrons. The predicted octanol–water partition coefficient (Wildman–Crippen LogP) is 0.323. The number of hydrazone groups is 1. The first-order valence-corrected chi connectivity index (χ1v) is 4.86. The fraction of sp³-hybridized carbons (Fsp3) is 0.182. The summed E-state index contributed by atoms with van der Waals surface area (Å²) in [6.07, 6.45) is 3.21. The molecule has 6 heteroatoms. The summed E-state index contributed by atoms with van der Waals surface area (Å²) >= 11 is 0. The summed E-state index contributed by atoms with van der Waals surface area (Å²) in [5.74, 6) is 4.85. The molecular formula is C11H13N4O2+. The second kappa shape index (κ2) is 6.12. The zero-order valence-corrected chi connectivity index (χ0v) is 9.38. The minimum absolute atomic E-state index is 0.384. The quantitative estimate of drug-likeness (QED) is 0.149. The van der Waals surface area contributed by atoms with E-state index in [2.05, 4.69) is 10.1 Å². The molecule has 3 N–H and O–H groups in total. The number of nitrogens with two attached hydrogens (primary N) is 1. The second-order valence-corrected chi connectivity index (χ2v) is 3.14. The number of hydrogen-bond acceptors (Lipinski definition) is 5. The van der Waals surface area contributed by atoms with Crippen molar-refractivity contribution in [3.8, 4) is 6.19 Å². The van der Waals surface area contributed by atoms with Gasteiger partial charge in [0.15, 0.2) is 5.26 Å². The summed E-state index contributed by atoms with van der Waals surface area (Å²) in [5, 5.41) is 11.4. The van der Waals surface area contributed by atoms with Crippen LogP contribution in [0.25, 0.3) is 0 Å². The predicted molar refractivity (Wildman–Crippen MR) is 62.4 cm³/mol. The van der Waals surface area contributed by atoms with E-state index < -0.39 is 5.97 Å². The van der Waals surface area contributed by atoms with Gasteiger partial charge in [0.25, 0.3) is 0 Å². The van der Waals surface area contributed by atoms with Crippen LogP contribution < -0.4 is 11.2 Å². The maximum atomic E-state index is 11.3. The maximum absolute atomic E-state index is 11.3. The van der Waals surface area contributed by atoms with Crippen molar-refractivity contribution in [3.63, 3.8) is 0 Å². The van der Waals surface area contributed by atoms with Gasteiger partial charge in [0.05, 0.1) is 19.2 Å². The summed E-state index contributed by atoms with van der Waals surface area (Å²) in [6, 6.07) is 6.85. The molecule has 0 radical (unpaired) electrons. The van der Waals surface area contributed by atoms with Gasteiger partial charge in [-0.15, -0.1) is 0 Å². The van der Waals surface area contributed by atoms with Crippen LogP contribution in [0.5, 0.6) is 0 Å². The molecule has 0 saturated heterocycles. The SMILES string of the molecule is COC(=O)c1cccc(NCC=[N+](N)C#N)c1. The van der Waals surface area contributed by atoms with E-state index in [-0.39, 0.29) is 0 Å². The molecule has 0 saturated carbocycles. The van der Waals surface area contributed by atoms with E-state index >= 15 is 0 Å². The number of nitriles is 1. The Bertz CT molecular complexity index is 477. The molecular weight excluding hydrogens is 220 g/mol. The fourth-order valence-corrected chi connectivity index (χ4v) is 1.18. The van der Waals surface area contributed by atoms with Crippen LogP contribution >= 0.6 is 0 Å². The highest BCUT2D eigenvalue weighted by atomic mass is 16.5. The van der Waals surface area contributed by atoms with Gasteiger partial charge in [-0.2, -0.15) is 0 Å². The van der Waals surface area contributed by atoms with E-state index in [1.165, 1.54) is 13.3 Å². The standard InChI is InChI=1S/C11H13N4O2/c1-17-11(16)9-3-2-4-10(7-9)14-5-6-15(13)8-12/h2-4,6-7,14H,5,13H2,1H3/q+1. The lowest BCUT2D eigenvalue weighted by atomic mass is 10.2. The van der Waals surface area contributed by atoms with Crippen LogP contribution in [-0.2, 0) is 4.74 Å². The number of hydrogen-bond donors (Lipinski definition) is 2. The van der Waals surface area contributed by atoms with E-state index in [9.17, 15) is 4.79 Å². The van der Waals surface area contributed by atoms with Gasteiger partial charge in [0, 0.05) is 5.69 Å². The Morgan fingerprint density at radius 1 is 1.71 bits per heavy atom. The number of hydrazine groups is 1. The van der Waals surface area contributed by atoms with Crippen molar-refractivity contribution < 1.29 is 14.2 Å². The molecule has 6 nitrogen and oxygen atoms in total. The van der Waals surface area contributed by atoms with Crippen molar-refractivity contribution >= 4 is 17.9 Å². The van der Waals surface area contributed by atoms with Gasteiger partial charge < -0.3 is 10.1 Å². The molecule has 0 unspecified atom stereocenters. The Labute approximate surface area is 98.9 Å². The molecule has 0 aliphatic heterocycles. The molecule has 0 aliphatic rings. The Balaban J connectivity index is 2.67. The molecule has 1 aromatic carbocycles. The van der Waals surface area contributed by atoms with E-state index in [1.807, 2.05) is 0 Å². The van der Waals surface area contributed by atoms with Crippen molar-refractivity contribution in [1.29, 1.82) is 5.26 Å². The van der Waals surface area contributed by atoms with Gasteiger partial charge in [-0.1, -0.05) is 10.8 Å². The van der Waals surface area contributed by atoms with Crippen LogP contribution in [0.4, 0.5) is 5.69 Å². The van der Waals surface area contributed by atoms with Crippen LogP contribution in [0.3, 0.4) is 0 Å². The number of benzene rings is 1. The molecule has 0 spiro atoms. The van der Waals surface area contributed by atoms with Gasteiger partial charge in [0.1, 0.15) is 6.21 Å². The maximum Gasteiger partial charge on any atom is 0.483 e. The summed E-state index contributed by atoms with van der Waals surface area (Å²) in [4.78, 5) is 11.3. The molecule has 0 amide bonds. The number of esters is 1. The topological polar surface area (TPSA) is 91.2 Å². The van der Waals surface area contributed by atoms with Crippen LogP contribution in [0.15, 0.2) is 24.3 Å². The molecule has 0 heterocycles. The smallest absolute Gasteiger partial charge is 0.465 e. The number of nitrogens with zero attached hydrogens (tertiary/aromatic N) is 2. The zero-order valence-electron chi connectivity index (χ0n) is 9.38. The lowest BCUT2D eigenvalue weighted by Crippen LogP contribution is -2.19. The number of carbonyl (C=O) groups excluding carboxylic acids is 1. The highest BCUT2D eigenvalue weighted by Gasteiger charge is 2.04. The first-order chi connectivity index (χ1) is 8.17. The molecule has 0 bridgehead atoms. The summed E-state index contributed by atoms with van der Waals surface area (Å²) in [7, 11) is 1.33. The number of ether oxygens (including phenoxy) is 1. The third-order valence-corrected chi connectivity index (χ3v) is 1.99. The number of carbonyl (C=O) groups is 1. The molecule has 0 aliphatic carbocycles. The van der Waals surface area contributed by atoms with E-state index in [0.29, 0.717) is 12.1 Å². The number of methoxy groups -OCH3 is 1. The molecule has 1 rings (SSSR count). The van der Waals surface area contributed by atoms with Gasteiger partial charge in [-0.25, -0.2) is 4.79 Å². The lowest BCUT2D eigenvalue weighted by Gasteiger charge is -2.04. The van der Waals surface area contributed by atoms with Crippen molar-refractivity contribution in [3.05, 3.63) is 29.8 Å². The van der Waals surface area contributed by atoms with Crippen LogP contribution in [0, 0.1) is 11.5 Å². The minimum atomic E-state index is -0.393. The third-order valence-electron chi connectivity index (χ3n) is 1.99. The number of anilines is 1. The van der Waals surface area contributed by atoms with E-state index in [4.69, 9.17) is 11.1 Å². The first-order valence-electron chi connectivity index (χ1n) is 4.86. The molecule has 0 aromatic heterocycles. The average molecular weight is 233 g/mol. The Kier molecular flexibility index (Phi) is 4.51. The zero-order chi connectivity index (χ0) is 12.7. The van der Waals surface area contributed by atoms with Crippen molar-refractivity contribution in [2.24, 2.45) is 5.84 Å². The van der Waals surface area contributed by atoms with Crippen LogP contribution in [0.1, 0.15) is 10.4 Å². The summed E-state index contributed by atoms with van der Waals surface area (Å²) in [6.45, 7) is 0.384. The highest BCUT2D eigenvalue weighted by Crippen LogP contribution is 2.10. The van der Waals surface area contributed by atoms with E-state index in [0.717, 1.165) is 10.4 Å². The number of rotatable bonds is 4. The van der Waals surface area contributed by atoms with Crippen LogP contribution in [0.2, 0.25) is 0 Å². The molecule has 1 aromatic rings. The van der Waals surface area contributed by atoms with Crippen LogP contribution in [-0.4, -0.2) is 30.5 Å². The van der Waals surface area contributed by atoms with Gasteiger partial charge >= 0.3 is 12.2 Å². The van der Waals surface area contributed by atoms with Gasteiger partial charge in [0.2, 0.25) is 0 Å². The first kappa shape index (κ1) is 12.5. The molecule has 0 atom stereocenters. The van der Waals surface area contributed by atoms with Crippen molar-refractivity contribution in [2.45, 2.75) is 0 Å². The summed E-state index contributed by atoms with van der Waals surface area (Å²) < 4.78 is 5.51. The summed E-state index contributed by atoms with van der Waals surface area (Å²) in [5.41, 5.74) is 1.21. The molecule has 0 fully saturated rings. The Morgan fingerprint density at radius 2 is 2.47 bits per heavy atom. The average Bonchev–Trinajstić information content (AvgIpc) is 2.38. The third kappa shape index (κ3) is 3.83. The number of nitrogens with one attached hydrogen (secondary N) is 1. The Hall–Kier alpha value is -2.55. The minimum Gasteiger partial charge on any atom is -0.465 e. The lowest BCUT2D eigenvalue weighted by molar-refractivity contribution is -0.446. The molecule has 17 heavy (non-hydrogen) atoms. The van der Waals surface area contributed by atoms with Crippen molar-refractivity contribution in [2.75, 3.05) is 19.0 Å². The fourth-order valence-electron chi connectivity index (χ4n) is 1.18. The van der Waals surface area contributed by atoms with Gasteiger partial charge in [-0.3, -0.25) is 5.84 Å². The monoisotopic (exact) mass is 233 g/mol. The van der Waals surface area contributed by atoms with E-state index in [1.54, 1.807) is 30.5 Å². The Morgan fingerprint density at radius 3 is 3.12 bits per heavy atom. The normalized spacial score (nSPS) is 10.5. The highest BCUT2D eigenvalue weighted by molar-refractivity contribution is 5.90. The second-order valence-electron chi connectivity index (χ2n) is 3.14.